The highest BCUT2D eigenvalue weighted by atomic mass is 32.2. The van der Waals surface area contributed by atoms with Gasteiger partial charge in [-0.05, 0) is 44.2 Å². The fourth-order valence-corrected chi connectivity index (χ4v) is 5.38. The van der Waals surface area contributed by atoms with Crippen molar-refractivity contribution in [2.45, 2.75) is 47.1 Å². The van der Waals surface area contributed by atoms with Gasteiger partial charge < -0.3 is 9.64 Å². The predicted octanol–water partition coefficient (Wildman–Crippen LogP) is 2.44. The monoisotopic (exact) mass is 395 g/mol. The van der Waals surface area contributed by atoms with Crippen LogP contribution >= 0.6 is 0 Å². The number of hydrogen-bond donors (Lipinski definition) is 0. The second-order valence-electron chi connectivity index (χ2n) is 7.85. The quantitative estimate of drug-likeness (QED) is 0.691. The van der Waals surface area contributed by atoms with Gasteiger partial charge in [-0.25, -0.2) is 13.2 Å². The number of nitrogens with zero attached hydrogens (tertiary/aromatic N) is 1. The van der Waals surface area contributed by atoms with Gasteiger partial charge in [0.2, 0.25) is 0 Å². The first-order chi connectivity index (χ1) is 12.5. The minimum Gasteiger partial charge on any atom is -0.452 e. The number of rotatable bonds is 6. The predicted molar refractivity (Wildman–Crippen MR) is 105 cm³/mol. The maximum Gasteiger partial charge on any atom is 0.339 e. The molecule has 0 N–H and O–H groups in total. The molecule has 1 unspecified atom stereocenters. The van der Waals surface area contributed by atoms with Gasteiger partial charge in [0.1, 0.15) is 0 Å². The average molecular weight is 396 g/mol. The van der Waals surface area contributed by atoms with E-state index in [2.05, 4.69) is 0 Å². The fourth-order valence-electron chi connectivity index (χ4n) is 3.65. The molecule has 0 saturated carbocycles. The first-order valence-corrected chi connectivity index (χ1v) is 11.1. The lowest BCUT2D eigenvalue weighted by molar-refractivity contribution is -0.137. The van der Waals surface area contributed by atoms with Crippen LogP contribution < -0.4 is 0 Å². The molecule has 1 aliphatic rings. The molecule has 27 heavy (non-hydrogen) atoms. The first kappa shape index (κ1) is 21.4. The van der Waals surface area contributed by atoms with Gasteiger partial charge >= 0.3 is 5.97 Å². The fraction of sp³-hybridized carbons (Fsp3) is 0.600. The van der Waals surface area contributed by atoms with Gasteiger partial charge in [-0.3, -0.25) is 4.79 Å². The third-order valence-corrected chi connectivity index (χ3v) is 6.49. The lowest BCUT2D eigenvalue weighted by Gasteiger charge is -2.29. The smallest absolute Gasteiger partial charge is 0.339 e. The summed E-state index contributed by atoms with van der Waals surface area (Å²) in [7, 11) is -3.10. The van der Waals surface area contributed by atoms with Gasteiger partial charge in [0.25, 0.3) is 5.91 Å². The van der Waals surface area contributed by atoms with Crippen molar-refractivity contribution in [3.63, 3.8) is 0 Å². The van der Waals surface area contributed by atoms with Crippen molar-refractivity contribution in [3.05, 3.63) is 34.4 Å². The Morgan fingerprint density at radius 3 is 2.26 bits per heavy atom. The van der Waals surface area contributed by atoms with Crippen LogP contribution in [0.4, 0.5) is 0 Å². The van der Waals surface area contributed by atoms with Crippen LogP contribution in [0.1, 0.15) is 47.3 Å². The molecule has 1 aromatic rings. The van der Waals surface area contributed by atoms with Crippen molar-refractivity contribution in [2.24, 2.45) is 5.92 Å². The van der Waals surface area contributed by atoms with Crippen molar-refractivity contribution in [1.29, 1.82) is 0 Å². The van der Waals surface area contributed by atoms with Gasteiger partial charge in [-0.15, -0.1) is 0 Å². The maximum absolute atomic E-state index is 12.7. The number of sulfone groups is 1. The molecule has 6 nitrogen and oxygen atoms in total. The number of esters is 1. The highest BCUT2D eigenvalue weighted by molar-refractivity contribution is 7.91. The summed E-state index contributed by atoms with van der Waals surface area (Å²) in [6, 6.07) is 3.46. The number of amides is 1. The number of aryl methyl sites for hydroxylation is 3. The van der Waals surface area contributed by atoms with Gasteiger partial charge in [0.15, 0.2) is 16.4 Å². The molecule has 7 heteroatoms. The van der Waals surface area contributed by atoms with E-state index in [0.29, 0.717) is 18.5 Å². The number of benzene rings is 1. The van der Waals surface area contributed by atoms with Crippen molar-refractivity contribution in [3.8, 4) is 0 Å². The van der Waals surface area contributed by atoms with E-state index in [0.717, 1.165) is 16.7 Å². The van der Waals surface area contributed by atoms with Crippen LogP contribution in [-0.2, 0) is 19.4 Å². The normalized spacial score (nSPS) is 18.5. The topological polar surface area (TPSA) is 80.8 Å². The van der Waals surface area contributed by atoms with E-state index < -0.39 is 15.8 Å². The molecule has 1 aromatic carbocycles. The summed E-state index contributed by atoms with van der Waals surface area (Å²) >= 11 is 0. The highest BCUT2D eigenvalue weighted by Crippen LogP contribution is 2.20. The third-order valence-electron chi connectivity index (χ3n) is 4.74. The van der Waals surface area contributed by atoms with Crippen molar-refractivity contribution in [2.75, 3.05) is 24.7 Å². The molecule has 1 heterocycles. The van der Waals surface area contributed by atoms with Crippen LogP contribution in [-0.4, -0.2) is 55.9 Å². The maximum atomic E-state index is 12.7. The SMILES string of the molecule is Cc1cc(C)c(C(=O)OCC(=O)N(CC(C)C)C2CCS(=O)(=O)C2)c(C)c1. The summed E-state index contributed by atoms with van der Waals surface area (Å²) in [5.41, 5.74) is 3.16. The molecular weight excluding hydrogens is 366 g/mol. The van der Waals surface area contributed by atoms with E-state index in [-0.39, 0.29) is 36.0 Å². The summed E-state index contributed by atoms with van der Waals surface area (Å²) in [5, 5.41) is 0. The molecule has 0 spiro atoms. The Morgan fingerprint density at radius 1 is 1.19 bits per heavy atom. The van der Waals surface area contributed by atoms with Gasteiger partial charge in [-0.2, -0.15) is 0 Å². The summed E-state index contributed by atoms with van der Waals surface area (Å²) in [6.45, 7) is 9.63. The molecule has 2 rings (SSSR count). The Bertz CT molecular complexity index is 806. The lowest BCUT2D eigenvalue weighted by atomic mass is 10.00. The van der Waals surface area contributed by atoms with E-state index in [4.69, 9.17) is 4.74 Å². The van der Waals surface area contributed by atoms with Crippen LogP contribution in [0.25, 0.3) is 0 Å². The van der Waals surface area contributed by atoms with Gasteiger partial charge in [0, 0.05) is 12.6 Å². The molecule has 1 saturated heterocycles. The molecule has 0 bridgehead atoms. The van der Waals surface area contributed by atoms with Crippen molar-refractivity contribution in [1.82, 2.24) is 4.90 Å². The Labute approximate surface area is 161 Å². The van der Waals surface area contributed by atoms with E-state index in [9.17, 15) is 18.0 Å². The second kappa shape index (κ2) is 8.42. The average Bonchev–Trinajstić information content (AvgIpc) is 2.89. The molecule has 1 fully saturated rings. The molecule has 1 aliphatic heterocycles. The van der Waals surface area contributed by atoms with E-state index in [1.165, 1.54) is 0 Å². The van der Waals surface area contributed by atoms with Gasteiger partial charge in [-0.1, -0.05) is 31.5 Å². The number of hydrogen-bond acceptors (Lipinski definition) is 5. The van der Waals surface area contributed by atoms with E-state index >= 15 is 0 Å². The van der Waals surface area contributed by atoms with Crippen molar-refractivity contribution >= 4 is 21.7 Å². The van der Waals surface area contributed by atoms with Gasteiger partial charge in [0.05, 0.1) is 17.1 Å². The minimum atomic E-state index is -3.10. The summed E-state index contributed by atoms with van der Waals surface area (Å²) in [5.74, 6) is -0.602. The summed E-state index contributed by atoms with van der Waals surface area (Å²) < 4.78 is 28.9. The Kier molecular flexibility index (Phi) is 6.68. The third kappa shape index (κ3) is 5.54. The Balaban J connectivity index is 2.08. The number of carbonyl (C=O) groups excluding carboxylic acids is 2. The molecule has 0 aromatic heterocycles. The molecule has 1 amide bonds. The summed E-state index contributed by atoms with van der Waals surface area (Å²) in [6.07, 6.45) is 0.435. The zero-order chi connectivity index (χ0) is 20.4. The van der Waals surface area contributed by atoms with Crippen LogP contribution in [0.15, 0.2) is 12.1 Å². The first-order valence-electron chi connectivity index (χ1n) is 9.25. The largest absolute Gasteiger partial charge is 0.452 e. The van der Waals surface area contributed by atoms with Crippen LogP contribution in [0.3, 0.4) is 0 Å². The molecule has 0 aliphatic carbocycles. The molecular formula is C20H29NO5S. The zero-order valence-electron chi connectivity index (χ0n) is 16.7. The Morgan fingerprint density at radius 2 is 1.78 bits per heavy atom. The molecule has 150 valence electrons. The highest BCUT2D eigenvalue weighted by Gasteiger charge is 2.35. The van der Waals surface area contributed by atoms with Crippen LogP contribution in [0.5, 0.6) is 0 Å². The molecule has 0 radical (unpaired) electrons. The van der Waals surface area contributed by atoms with E-state index in [1.807, 2.05) is 46.8 Å². The van der Waals surface area contributed by atoms with Crippen LogP contribution in [0, 0.1) is 26.7 Å². The number of carbonyl (C=O) groups is 2. The van der Waals surface area contributed by atoms with Crippen LogP contribution in [0.2, 0.25) is 0 Å². The molecule has 1 atom stereocenters. The zero-order valence-corrected chi connectivity index (χ0v) is 17.6. The lowest BCUT2D eigenvalue weighted by Crippen LogP contribution is -2.45. The van der Waals surface area contributed by atoms with Crippen molar-refractivity contribution < 1.29 is 22.7 Å². The standard InChI is InChI=1S/C20H29NO5S/c1-13(2)10-21(17-6-7-27(24,25)12-17)18(22)11-26-20(23)19-15(4)8-14(3)9-16(19)5/h8-9,13,17H,6-7,10-12H2,1-5H3. The second-order valence-corrected chi connectivity index (χ2v) is 10.1. The minimum absolute atomic E-state index is 0.0183. The Hall–Kier alpha value is -1.89. The van der Waals surface area contributed by atoms with E-state index in [1.54, 1.807) is 4.90 Å². The summed E-state index contributed by atoms with van der Waals surface area (Å²) in [4.78, 5) is 26.7. The number of ether oxygens (including phenoxy) is 1.